The molecule has 0 radical (unpaired) electrons. The Balaban J connectivity index is 2.67. The van der Waals surface area contributed by atoms with Crippen LogP contribution in [0.5, 0.6) is 0 Å². The molecule has 2 aromatic heterocycles. The average molecular weight is 178 g/mol. The van der Waals surface area contributed by atoms with Crippen LogP contribution in [0.2, 0.25) is 0 Å². The van der Waals surface area contributed by atoms with E-state index >= 15 is 0 Å². The number of hydrogen-bond donors (Lipinski definition) is 0. The molecule has 0 unspecified atom stereocenters. The van der Waals surface area contributed by atoms with Crippen LogP contribution in [0.3, 0.4) is 0 Å². The minimum Gasteiger partial charge on any atom is -0.303 e. The van der Waals surface area contributed by atoms with Crippen molar-refractivity contribution in [1.29, 1.82) is 0 Å². The average Bonchev–Trinajstić information content (AvgIpc) is 2.51. The summed E-state index contributed by atoms with van der Waals surface area (Å²) in [6, 6.07) is 2.92. The number of carbonyl (C=O) groups excluding carboxylic acids is 1. The van der Waals surface area contributed by atoms with Gasteiger partial charge in [-0.3, -0.25) is 0 Å². The molecule has 0 spiro atoms. The van der Waals surface area contributed by atoms with Crippen LogP contribution >= 0.6 is 0 Å². The van der Waals surface area contributed by atoms with E-state index in [0.29, 0.717) is 5.69 Å². The summed E-state index contributed by atoms with van der Waals surface area (Å²) in [6.45, 7) is 0. The first kappa shape index (κ1) is 7.91. The van der Waals surface area contributed by atoms with Gasteiger partial charge in [-0.2, -0.15) is 0 Å². The van der Waals surface area contributed by atoms with Gasteiger partial charge in [0.25, 0.3) is 0 Å². The lowest BCUT2D eigenvalue weighted by atomic mass is 10.3. The van der Waals surface area contributed by atoms with Gasteiger partial charge in [-0.15, -0.1) is 0 Å². The van der Waals surface area contributed by atoms with E-state index in [9.17, 15) is 9.18 Å². The molecule has 0 aromatic carbocycles. The van der Waals surface area contributed by atoms with Crippen molar-refractivity contribution in [2.75, 3.05) is 0 Å². The Kier molecular flexibility index (Phi) is 1.81. The molecule has 66 valence electrons. The van der Waals surface area contributed by atoms with Gasteiger partial charge in [-0.25, -0.2) is 9.37 Å². The Hall–Kier alpha value is -1.71. The number of pyridine rings is 1. The molecule has 0 aliphatic carbocycles. The van der Waals surface area contributed by atoms with E-state index in [4.69, 9.17) is 0 Å². The van der Waals surface area contributed by atoms with E-state index in [2.05, 4.69) is 4.98 Å². The van der Waals surface area contributed by atoms with E-state index in [1.54, 1.807) is 16.7 Å². The van der Waals surface area contributed by atoms with E-state index in [-0.39, 0.29) is 17.9 Å². The fourth-order valence-corrected chi connectivity index (χ4v) is 1.26. The van der Waals surface area contributed by atoms with E-state index < -0.39 is 0 Å². The number of rotatable bonds is 2. The number of halogens is 1. The summed E-state index contributed by atoms with van der Waals surface area (Å²) < 4.78 is 14.6. The topological polar surface area (TPSA) is 34.4 Å². The van der Waals surface area contributed by atoms with Crippen molar-refractivity contribution in [3.05, 3.63) is 36.0 Å². The van der Waals surface area contributed by atoms with Gasteiger partial charge in [-0.05, 0) is 12.1 Å². The second kappa shape index (κ2) is 2.97. The number of aromatic nitrogens is 2. The monoisotopic (exact) mass is 178 g/mol. The smallest absolute Gasteiger partial charge is 0.173 e. The quantitative estimate of drug-likeness (QED) is 0.648. The zero-order chi connectivity index (χ0) is 9.26. The lowest BCUT2D eigenvalue weighted by molar-refractivity contribution is -0.107. The first-order valence-electron chi connectivity index (χ1n) is 3.87. The van der Waals surface area contributed by atoms with Crippen molar-refractivity contribution in [1.82, 2.24) is 9.38 Å². The number of fused-ring (bicyclic) bond motifs is 1. The number of imidazole rings is 1. The highest BCUT2D eigenvalue weighted by molar-refractivity contribution is 5.55. The van der Waals surface area contributed by atoms with Gasteiger partial charge < -0.3 is 9.20 Å². The Bertz CT molecular complexity index is 450. The summed E-state index contributed by atoms with van der Waals surface area (Å²) in [7, 11) is 0. The molecule has 3 nitrogen and oxygen atoms in total. The summed E-state index contributed by atoms with van der Waals surface area (Å²) in [5.74, 6) is -0.375. The summed E-state index contributed by atoms with van der Waals surface area (Å²) in [5.41, 5.74) is 0.962. The highest BCUT2D eigenvalue weighted by Gasteiger charge is 2.05. The standard InChI is InChI=1S/C9H7FN2O/c10-8-2-1-4-12-7(3-5-13)6-11-9(8)12/h1-2,4-6H,3H2. The maximum absolute atomic E-state index is 13.1. The van der Waals surface area contributed by atoms with Gasteiger partial charge in [0.05, 0.1) is 0 Å². The Morgan fingerprint density at radius 3 is 3.23 bits per heavy atom. The third kappa shape index (κ3) is 1.20. The van der Waals surface area contributed by atoms with Crippen molar-refractivity contribution in [3.63, 3.8) is 0 Å². The van der Waals surface area contributed by atoms with Crippen LogP contribution in [0, 0.1) is 5.82 Å². The Morgan fingerprint density at radius 2 is 2.46 bits per heavy atom. The molecule has 0 atom stereocenters. The van der Waals surface area contributed by atoms with Crippen molar-refractivity contribution >= 4 is 11.9 Å². The van der Waals surface area contributed by atoms with Crippen LogP contribution < -0.4 is 0 Å². The van der Waals surface area contributed by atoms with Gasteiger partial charge in [-0.1, -0.05) is 0 Å². The first-order valence-corrected chi connectivity index (χ1v) is 3.87. The summed E-state index contributed by atoms with van der Waals surface area (Å²) >= 11 is 0. The maximum atomic E-state index is 13.1. The lowest BCUT2D eigenvalue weighted by Gasteiger charge is -1.96. The molecule has 0 bridgehead atoms. The molecule has 0 aliphatic heterocycles. The van der Waals surface area contributed by atoms with E-state index in [1.807, 2.05) is 0 Å². The third-order valence-electron chi connectivity index (χ3n) is 1.86. The van der Waals surface area contributed by atoms with Crippen LogP contribution in [0.1, 0.15) is 5.69 Å². The lowest BCUT2D eigenvalue weighted by Crippen LogP contribution is -1.94. The Morgan fingerprint density at radius 1 is 1.62 bits per heavy atom. The summed E-state index contributed by atoms with van der Waals surface area (Å²) in [6.07, 6.45) is 4.22. The van der Waals surface area contributed by atoms with Gasteiger partial charge in [0, 0.05) is 24.5 Å². The molecule has 0 aliphatic rings. The van der Waals surface area contributed by atoms with Crippen molar-refractivity contribution in [3.8, 4) is 0 Å². The van der Waals surface area contributed by atoms with Crippen molar-refractivity contribution in [2.45, 2.75) is 6.42 Å². The molecule has 4 heteroatoms. The molecule has 0 fully saturated rings. The minimum absolute atomic E-state index is 0.255. The zero-order valence-electron chi connectivity index (χ0n) is 6.77. The van der Waals surface area contributed by atoms with Gasteiger partial charge in [0.1, 0.15) is 6.29 Å². The Labute approximate surface area is 73.8 Å². The molecule has 2 heterocycles. The maximum Gasteiger partial charge on any atom is 0.173 e. The highest BCUT2D eigenvalue weighted by atomic mass is 19.1. The number of carbonyl (C=O) groups is 1. The second-order valence-corrected chi connectivity index (χ2v) is 2.67. The molecule has 2 aromatic rings. The zero-order valence-corrected chi connectivity index (χ0v) is 6.77. The van der Waals surface area contributed by atoms with Crippen molar-refractivity contribution < 1.29 is 9.18 Å². The normalized spacial score (nSPS) is 10.5. The van der Waals surface area contributed by atoms with Crippen LogP contribution in [0.25, 0.3) is 5.65 Å². The van der Waals surface area contributed by atoms with Gasteiger partial charge >= 0.3 is 0 Å². The predicted molar refractivity (Wildman–Crippen MR) is 44.9 cm³/mol. The van der Waals surface area contributed by atoms with E-state index in [0.717, 1.165) is 6.29 Å². The molecule has 0 saturated heterocycles. The largest absolute Gasteiger partial charge is 0.303 e. The fraction of sp³-hybridized carbons (Fsp3) is 0.111. The third-order valence-corrected chi connectivity index (χ3v) is 1.86. The van der Waals surface area contributed by atoms with Crippen LogP contribution in [0.15, 0.2) is 24.5 Å². The SMILES string of the molecule is O=CCc1cnc2c(F)cccn12. The minimum atomic E-state index is -0.375. The first-order chi connectivity index (χ1) is 6.33. The molecule has 0 N–H and O–H groups in total. The fourth-order valence-electron chi connectivity index (χ4n) is 1.26. The van der Waals surface area contributed by atoms with Gasteiger partial charge in [0.15, 0.2) is 11.5 Å². The molecular formula is C9H7FN2O. The predicted octanol–water partition coefficient (Wildman–Crippen LogP) is 1.21. The molecular weight excluding hydrogens is 171 g/mol. The van der Waals surface area contributed by atoms with E-state index in [1.165, 1.54) is 12.3 Å². The van der Waals surface area contributed by atoms with Gasteiger partial charge in [0.2, 0.25) is 0 Å². The van der Waals surface area contributed by atoms with Crippen molar-refractivity contribution in [2.24, 2.45) is 0 Å². The molecule has 13 heavy (non-hydrogen) atoms. The number of nitrogens with zero attached hydrogens (tertiary/aromatic N) is 2. The molecule has 0 saturated carbocycles. The van der Waals surface area contributed by atoms with Crippen LogP contribution in [0.4, 0.5) is 4.39 Å². The number of aldehydes is 1. The highest BCUT2D eigenvalue weighted by Crippen LogP contribution is 2.09. The molecule has 2 rings (SSSR count). The summed E-state index contributed by atoms with van der Waals surface area (Å²) in [4.78, 5) is 14.1. The number of hydrogen-bond acceptors (Lipinski definition) is 2. The van der Waals surface area contributed by atoms with Crippen LogP contribution in [-0.4, -0.2) is 15.7 Å². The molecule has 0 amide bonds. The second-order valence-electron chi connectivity index (χ2n) is 2.67. The van der Waals surface area contributed by atoms with Crippen LogP contribution in [-0.2, 0) is 11.2 Å². The summed E-state index contributed by atoms with van der Waals surface area (Å²) in [5, 5.41) is 0.